The van der Waals surface area contributed by atoms with Gasteiger partial charge in [0.25, 0.3) is 0 Å². The van der Waals surface area contributed by atoms with Crippen molar-refractivity contribution in [2.45, 2.75) is 31.8 Å². The van der Waals surface area contributed by atoms with E-state index >= 15 is 0 Å². The fraction of sp³-hybridized carbons (Fsp3) is 0.462. The molecule has 0 heterocycles. The molecular weight excluding hydrogens is 243 g/mol. The smallest absolute Gasteiger partial charge is 0.194 e. The van der Waals surface area contributed by atoms with Gasteiger partial charge in [-0.2, -0.15) is 5.26 Å². The Morgan fingerprint density at radius 1 is 1.17 bits per heavy atom. The lowest BCUT2D eigenvalue weighted by Crippen LogP contribution is -2.24. The fourth-order valence-corrected chi connectivity index (χ4v) is 2.50. The van der Waals surface area contributed by atoms with E-state index in [-0.39, 0.29) is 5.56 Å². The molecule has 0 aliphatic heterocycles. The zero-order valence-electron chi connectivity index (χ0n) is 9.59. The van der Waals surface area contributed by atoms with Gasteiger partial charge in [0, 0.05) is 0 Å². The molecule has 0 spiro atoms. The van der Waals surface area contributed by atoms with Crippen LogP contribution < -0.4 is 0 Å². The van der Waals surface area contributed by atoms with Crippen molar-refractivity contribution in [3.63, 3.8) is 0 Å². The van der Waals surface area contributed by atoms with E-state index in [4.69, 9.17) is 5.26 Å². The van der Waals surface area contributed by atoms with Gasteiger partial charge in [0.1, 0.15) is 0 Å². The van der Waals surface area contributed by atoms with E-state index in [1.54, 1.807) is 0 Å². The van der Waals surface area contributed by atoms with Crippen molar-refractivity contribution in [3.05, 3.63) is 35.1 Å². The number of benzene rings is 1. The molecule has 0 saturated heterocycles. The molecule has 1 aliphatic rings. The first-order chi connectivity index (χ1) is 8.50. The zero-order valence-corrected chi connectivity index (χ0v) is 9.59. The Hall–Kier alpha value is -1.54. The minimum atomic E-state index is -1.57. The number of nitriles is 1. The van der Waals surface area contributed by atoms with E-state index in [2.05, 4.69) is 0 Å². The monoisotopic (exact) mass is 255 g/mol. The van der Waals surface area contributed by atoms with Gasteiger partial charge in [0.05, 0.1) is 17.6 Å². The van der Waals surface area contributed by atoms with E-state index in [9.17, 15) is 18.3 Å². The summed E-state index contributed by atoms with van der Waals surface area (Å²) in [7, 11) is 0. The van der Waals surface area contributed by atoms with Crippen molar-refractivity contribution in [2.24, 2.45) is 5.41 Å². The van der Waals surface area contributed by atoms with Gasteiger partial charge in [-0.05, 0) is 30.5 Å². The zero-order chi connectivity index (χ0) is 13.3. The van der Waals surface area contributed by atoms with Crippen molar-refractivity contribution in [1.82, 2.24) is 0 Å². The van der Waals surface area contributed by atoms with E-state index in [0.717, 1.165) is 25.0 Å². The highest BCUT2D eigenvalue weighted by Gasteiger charge is 2.42. The maximum atomic E-state index is 13.1. The van der Waals surface area contributed by atoms with Gasteiger partial charge in [-0.3, -0.25) is 0 Å². The predicted octanol–water partition coefficient (Wildman–Crippen LogP) is 3.22. The average Bonchev–Trinajstić information content (AvgIpc) is 2.84. The normalized spacial score (nSPS) is 19.5. The summed E-state index contributed by atoms with van der Waals surface area (Å²) in [5, 5.41) is 19.3. The minimum Gasteiger partial charge on any atom is -0.387 e. The van der Waals surface area contributed by atoms with Crippen LogP contribution in [-0.2, 0) is 0 Å². The standard InChI is InChI=1S/C13H12F3NO/c14-9-5-8(6-10(15)11(9)16)12(18)13(7-17)3-1-2-4-13/h5-6,12,18H,1-4H2. The minimum absolute atomic E-state index is 0.0881. The quantitative estimate of drug-likeness (QED) is 0.824. The summed E-state index contributed by atoms with van der Waals surface area (Å²) in [6, 6.07) is 3.54. The molecular formula is C13H12F3NO. The summed E-state index contributed by atoms with van der Waals surface area (Å²) in [4.78, 5) is 0. The predicted molar refractivity (Wildman–Crippen MR) is 57.8 cm³/mol. The molecule has 1 fully saturated rings. The number of rotatable bonds is 2. The molecule has 1 N–H and O–H groups in total. The largest absolute Gasteiger partial charge is 0.387 e. The first-order valence-electron chi connectivity index (χ1n) is 5.74. The molecule has 0 aromatic heterocycles. The lowest BCUT2D eigenvalue weighted by atomic mass is 9.78. The lowest BCUT2D eigenvalue weighted by molar-refractivity contribution is 0.0663. The first-order valence-corrected chi connectivity index (χ1v) is 5.74. The topological polar surface area (TPSA) is 44.0 Å². The summed E-state index contributed by atoms with van der Waals surface area (Å²) in [6.07, 6.45) is 1.24. The molecule has 5 heteroatoms. The molecule has 1 unspecified atom stereocenters. The first kappa shape index (κ1) is 12.9. The molecule has 2 rings (SSSR count). The Kier molecular flexibility index (Phi) is 3.31. The number of hydrogen-bond acceptors (Lipinski definition) is 2. The molecule has 96 valence electrons. The maximum Gasteiger partial charge on any atom is 0.194 e. The van der Waals surface area contributed by atoms with Crippen LogP contribution in [0, 0.1) is 34.2 Å². The van der Waals surface area contributed by atoms with Gasteiger partial charge in [-0.15, -0.1) is 0 Å². The van der Waals surface area contributed by atoms with Gasteiger partial charge in [-0.1, -0.05) is 12.8 Å². The van der Waals surface area contributed by atoms with E-state index in [1.807, 2.05) is 6.07 Å². The Balaban J connectivity index is 2.40. The van der Waals surface area contributed by atoms with Crippen molar-refractivity contribution < 1.29 is 18.3 Å². The van der Waals surface area contributed by atoms with Gasteiger partial charge in [0.15, 0.2) is 17.5 Å². The average molecular weight is 255 g/mol. The van der Waals surface area contributed by atoms with E-state index in [1.165, 1.54) is 0 Å². The van der Waals surface area contributed by atoms with Crippen LogP contribution in [-0.4, -0.2) is 5.11 Å². The molecule has 0 bridgehead atoms. The summed E-state index contributed by atoms with van der Waals surface area (Å²) in [6.45, 7) is 0. The van der Waals surface area contributed by atoms with Crippen LogP contribution in [0.4, 0.5) is 13.2 Å². The van der Waals surface area contributed by atoms with Crippen LogP contribution in [0.3, 0.4) is 0 Å². The molecule has 2 nitrogen and oxygen atoms in total. The van der Waals surface area contributed by atoms with Crippen molar-refractivity contribution in [1.29, 1.82) is 5.26 Å². The molecule has 0 radical (unpaired) electrons. The summed E-state index contributed by atoms with van der Waals surface area (Å²) in [5.41, 5.74) is -1.11. The second kappa shape index (κ2) is 4.62. The highest BCUT2D eigenvalue weighted by Crippen LogP contribution is 2.47. The van der Waals surface area contributed by atoms with Gasteiger partial charge >= 0.3 is 0 Å². The summed E-state index contributed by atoms with van der Waals surface area (Å²) >= 11 is 0. The highest BCUT2D eigenvalue weighted by molar-refractivity contribution is 5.26. The third-order valence-electron chi connectivity index (χ3n) is 3.56. The Morgan fingerprint density at radius 3 is 2.11 bits per heavy atom. The van der Waals surface area contributed by atoms with Crippen LogP contribution in [0.15, 0.2) is 12.1 Å². The van der Waals surface area contributed by atoms with Gasteiger partial charge in [0.2, 0.25) is 0 Å². The fourth-order valence-electron chi connectivity index (χ4n) is 2.50. The SMILES string of the molecule is N#CC1(C(O)c2cc(F)c(F)c(F)c2)CCCC1. The van der Waals surface area contributed by atoms with Gasteiger partial charge < -0.3 is 5.11 Å². The van der Waals surface area contributed by atoms with Crippen molar-refractivity contribution >= 4 is 0 Å². The lowest BCUT2D eigenvalue weighted by Gasteiger charge is -2.27. The molecule has 1 atom stereocenters. The summed E-state index contributed by atoms with van der Waals surface area (Å²) < 4.78 is 39.0. The molecule has 0 amide bonds. The third-order valence-corrected chi connectivity index (χ3v) is 3.56. The summed E-state index contributed by atoms with van der Waals surface area (Å²) in [5.74, 6) is -4.27. The maximum absolute atomic E-state index is 13.1. The number of aliphatic hydroxyl groups excluding tert-OH is 1. The third kappa shape index (κ3) is 1.97. The Morgan fingerprint density at radius 2 is 1.67 bits per heavy atom. The van der Waals surface area contributed by atoms with E-state index in [0.29, 0.717) is 12.8 Å². The molecule has 18 heavy (non-hydrogen) atoms. The van der Waals surface area contributed by atoms with E-state index < -0.39 is 29.0 Å². The molecule has 1 aliphatic carbocycles. The van der Waals surface area contributed by atoms with Crippen LogP contribution in [0.2, 0.25) is 0 Å². The molecule has 1 aromatic rings. The number of halogens is 3. The van der Waals surface area contributed by atoms with Crippen LogP contribution in [0.1, 0.15) is 37.4 Å². The highest BCUT2D eigenvalue weighted by atomic mass is 19.2. The molecule has 1 aromatic carbocycles. The van der Waals surface area contributed by atoms with Crippen LogP contribution in [0.25, 0.3) is 0 Å². The van der Waals surface area contributed by atoms with Crippen molar-refractivity contribution in [3.8, 4) is 6.07 Å². The van der Waals surface area contributed by atoms with Crippen molar-refractivity contribution in [2.75, 3.05) is 0 Å². The van der Waals surface area contributed by atoms with Crippen LogP contribution >= 0.6 is 0 Å². The Bertz CT molecular complexity index is 480. The number of nitrogens with zero attached hydrogens (tertiary/aromatic N) is 1. The number of hydrogen-bond donors (Lipinski definition) is 1. The second-order valence-corrected chi connectivity index (χ2v) is 4.68. The van der Waals surface area contributed by atoms with Crippen LogP contribution in [0.5, 0.6) is 0 Å². The number of aliphatic hydroxyl groups is 1. The second-order valence-electron chi connectivity index (χ2n) is 4.68. The Labute approximate surface area is 103 Å². The molecule has 1 saturated carbocycles. The van der Waals surface area contributed by atoms with Gasteiger partial charge in [-0.25, -0.2) is 13.2 Å².